The molecule has 0 heterocycles. The molecular formula is C21H30N2O2. The molecule has 1 aromatic carbocycles. The molecule has 2 amide bonds. The molecule has 0 saturated carbocycles. The zero-order valence-corrected chi connectivity index (χ0v) is 15.3. The van der Waals surface area contributed by atoms with Crippen LogP contribution >= 0.6 is 0 Å². The molecule has 0 spiro atoms. The van der Waals surface area contributed by atoms with E-state index in [9.17, 15) is 9.59 Å². The SMILES string of the molecule is CCCCCNC(=O)c1ccc(C(=O)NCCC2=CCCCC2)cc1. The molecular weight excluding hydrogens is 312 g/mol. The Bertz CT molecular complexity index is 590. The number of hydrogen-bond acceptors (Lipinski definition) is 2. The van der Waals surface area contributed by atoms with Crippen LogP contribution in [0.5, 0.6) is 0 Å². The van der Waals surface area contributed by atoms with Crippen LogP contribution < -0.4 is 10.6 Å². The second kappa shape index (κ2) is 10.7. The standard InChI is InChI=1S/C21H30N2O2/c1-2-3-7-15-22-20(24)18-10-12-19(13-11-18)21(25)23-16-14-17-8-5-4-6-9-17/h8,10-13H,2-7,9,14-16H2,1H3,(H,22,24)(H,23,25). The van der Waals surface area contributed by atoms with E-state index >= 15 is 0 Å². The molecule has 1 aliphatic carbocycles. The number of nitrogens with one attached hydrogen (secondary N) is 2. The third-order valence-electron chi connectivity index (χ3n) is 4.59. The van der Waals surface area contributed by atoms with Crippen molar-refractivity contribution in [1.82, 2.24) is 10.6 Å². The van der Waals surface area contributed by atoms with Gasteiger partial charge in [0.1, 0.15) is 0 Å². The van der Waals surface area contributed by atoms with E-state index < -0.39 is 0 Å². The number of benzene rings is 1. The number of amides is 2. The van der Waals surface area contributed by atoms with E-state index in [4.69, 9.17) is 0 Å². The van der Waals surface area contributed by atoms with Crippen LogP contribution in [-0.2, 0) is 0 Å². The fourth-order valence-electron chi connectivity index (χ4n) is 3.02. The maximum Gasteiger partial charge on any atom is 0.251 e. The van der Waals surface area contributed by atoms with Crippen LogP contribution in [0, 0.1) is 0 Å². The molecule has 1 aromatic rings. The second-order valence-corrected chi connectivity index (χ2v) is 6.65. The lowest BCUT2D eigenvalue weighted by Gasteiger charge is -2.13. The minimum atomic E-state index is -0.0775. The summed E-state index contributed by atoms with van der Waals surface area (Å²) in [6.45, 7) is 3.51. The number of allylic oxidation sites excluding steroid dienone is 1. The van der Waals surface area contributed by atoms with Crippen LogP contribution in [0.25, 0.3) is 0 Å². The van der Waals surface area contributed by atoms with Crippen LogP contribution in [0.1, 0.15) is 79.0 Å². The highest BCUT2D eigenvalue weighted by Gasteiger charge is 2.09. The number of carbonyl (C=O) groups is 2. The van der Waals surface area contributed by atoms with Gasteiger partial charge in [0.05, 0.1) is 0 Å². The van der Waals surface area contributed by atoms with E-state index in [1.54, 1.807) is 24.3 Å². The molecule has 0 saturated heterocycles. The molecule has 0 atom stereocenters. The summed E-state index contributed by atoms with van der Waals surface area (Å²) in [5, 5.41) is 5.87. The Morgan fingerprint density at radius 1 is 0.920 bits per heavy atom. The van der Waals surface area contributed by atoms with Crippen molar-refractivity contribution in [1.29, 1.82) is 0 Å². The van der Waals surface area contributed by atoms with E-state index in [-0.39, 0.29) is 11.8 Å². The Morgan fingerprint density at radius 3 is 2.12 bits per heavy atom. The summed E-state index contributed by atoms with van der Waals surface area (Å²) < 4.78 is 0. The lowest BCUT2D eigenvalue weighted by atomic mass is 9.97. The van der Waals surface area contributed by atoms with Crippen LogP contribution in [0.3, 0.4) is 0 Å². The Kier molecular flexibility index (Phi) is 8.23. The summed E-state index contributed by atoms with van der Waals surface area (Å²) in [7, 11) is 0. The highest BCUT2D eigenvalue weighted by molar-refractivity contribution is 5.97. The predicted molar refractivity (Wildman–Crippen MR) is 102 cm³/mol. The van der Waals surface area contributed by atoms with Gasteiger partial charge in [0.25, 0.3) is 11.8 Å². The Hall–Kier alpha value is -2.10. The molecule has 0 aliphatic heterocycles. The minimum Gasteiger partial charge on any atom is -0.352 e. The average molecular weight is 342 g/mol. The first-order valence-electron chi connectivity index (χ1n) is 9.55. The normalized spacial score (nSPS) is 13.9. The molecule has 2 N–H and O–H groups in total. The summed E-state index contributed by atoms with van der Waals surface area (Å²) >= 11 is 0. The van der Waals surface area contributed by atoms with Gasteiger partial charge in [0.15, 0.2) is 0 Å². The Balaban J connectivity index is 1.75. The van der Waals surface area contributed by atoms with Gasteiger partial charge in [-0.2, -0.15) is 0 Å². The van der Waals surface area contributed by atoms with Gasteiger partial charge in [-0.1, -0.05) is 31.4 Å². The Morgan fingerprint density at radius 2 is 1.56 bits per heavy atom. The van der Waals surface area contributed by atoms with Crippen molar-refractivity contribution in [2.45, 2.75) is 58.3 Å². The first kappa shape index (κ1) is 19.2. The molecule has 2 rings (SSSR count). The molecule has 0 unspecified atom stereocenters. The van der Waals surface area contributed by atoms with Gasteiger partial charge in [-0.05, 0) is 62.8 Å². The lowest BCUT2D eigenvalue weighted by molar-refractivity contribution is 0.0941. The molecule has 0 radical (unpaired) electrons. The highest BCUT2D eigenvalue weighted by Crippen LogP contribution is 2.19. The van der Waals surface area contributed by atoms with Gasteiger partial charge in [0, 0.05) is 24.2 Å². The maximum atomic E-state index is 12.2. The zero-order valence-electron chi connectivity index (χ0n) is 15.3. The first-order valence-corrected chi connectivity index (χ1v) is 9.55. The molecule has 0 fully saturated rings. The van der Waals surface area contributed by atoms with Crippen molar-refractivity contribution in [3.05, 3.63) is 47.0 Å². The molecule has 136 valence electrons. The van der Waals surface area contributed by atoms with Crippen molar-refractivity contribution in [2.75, 3.05) is 13.1 Å². The molecule has 1 aliphatic rings. The van der Waals surface area contributed by atoms with Crippen LogP contribution in [0.15, 0.2) is 35.9 Å². The number of rotatable bonds is 9. The third kappa shape index (κ3) is 6.73. The predicted octanol–water partition coefficient (Wildman–Crippen LogP) is 4.23. The van der Waals surface area contributed by atoms with Crippen LogP contribution in [-0.4, -0.2) is 24.9 Å². The number of hydrogen-bond donors (Lipinski definition) is 2. The van der Waals surface area contributed by atoms with Gasteiger partial charge in [-0.15, -0.1) is 0 Å². The summed E-state index contributed by atoms with van der Waals surface area (Å²) in [5.41, 5.74) is 2.65. The largest absolute Gasteiger partial charge is 0.352 e. The van der Waals surface area contributed by atoms with E-state index in [2.05, 4.69) is 23.6 Å². The van der Waals surface area contributed by atoms with Gasteiger partial charge < -0.3 is 10.6 Å². The summed E-state index contributed by atoms with van der Waals surface area (Å²) in [6, 6.07) is 6.87. The first-order chi connectivity index (χ1) is 12.2. The van der Waals surface area contributed by atoms with Gasteiger partial charge in [0.2, 0.25) is 0 Å². The highest BCUT2D eigenvalue weighted by atomic mass is 16.2. The van der Waals surface area contributed by atoms with Crippen LogP contribution in [0.4, 0.5) is 0 Å². The lowest BCUT2D eigenvalue weighted by Crippen LogP contribution is -2.26. The van der Waals surface area contributed by atoms with E-state index in [0.717, 1.165) is 32.1 Å². The second-order valence-electron chi connectivity index (χ2n) is 6.65. The van der Waals surface area contributed by atoms with Crippen molar-refractivity contribution < 1.29 is 9.59 Å². The van der Waals surface area contributed by atoms with Crippen molar-refractivity contribution >= 4 is 11.8 Å². The minimum absolute atomic E-state index is 0.0766. The topological polar surface area (TPSA) is 58.2 Å². The quantitative estimate of drug-likeness (QED) is 0.521. The van der Waals surface area contributed by atoms with Crippen molar-refractivity contribution in [3.63, 3.8) is 0 Å². The number of unbranched alkanes of at least 4 members (excludes halogenated alkanes) is 2. The molecule has 0 aromatic heterocycles. The third-order valence-corrected chi connectivity index (χ3v) is 4.59. The van der Waals surface area contributed by atoms with Gasteiger partial charge in [-0.25, -0.2) is 0 Å². The molecule has 25 heavy (non-hydrogen) atoms. The Labute approximate surface area is 151 Å². The van der Waals surface area contributed by atoms with E-state index in [1.165, 1.54) is 24.8 Å². The van der Waals surface area contributed by atoms with Gasteiger partial charge in [-0.3, -0.25) is 9.59 Å². The molecule has 4 nitrogen and oxygen atoms in total. The summed E-state index contributed by atoms with van der Waals surface area (Å²) in [5.74, 6) is -0.154. The van der Waals surface area contributed by atoms with E-state index in [1.807, 2.05) is 0 Å². The van der Waals surface area contributed by atoms with Crippen molar-refractivity contribution in [3.8, 4) is 0 Å². The average Bonchev–Trinajstić information content (AvgIpc) is 2.66. The smallest absolute Gasteiger partial charge is 0.251 e. The zero-order chi connectivity index (χ0) is 17.9. The van der Waals surface area contributed by atoms with E-state index in [0.29, 0.717) is 24.2 Å². The summed E-state index contributed by atoms with van der Waals surface area (Å²) in [6.07, 6.45) is 11.4. The maximum absolute atomic E-state index is 12.2. The fraction of sp³-hybridized carbons (Fsp3) is 0.524. The van der Waals surface area contributed by atoms with Crippen molar-refractivity contribution in [2.24, 2.45) is 0 Å². The molecule has 4 heteroatoms. The van der Waals surface area contributed by atoms with Crippen LogP contribution in [0.2, 0.25) is 0 Å². The monoisotopic (exact) mass is 342 g/mol. The number of carbonyl (C=O) groups excluding carboxylic acids is 2. The molecule has 0 bridgehead atoms. The van der Waals surface area contributed by atoms with Gasteiger partial charge >= 0.3 is 0 Å². The summed E-state index contributed by atoms with van der Waals surface area (Å²) in [4.78, 5) is 24.2. The fourth-order valence-corrected chi connectivity index (χ4v) is 3.02.